The number of rotatable bonds is 4. The second-order valence-electron chi connectivity index (χ2n) is 4.22. The summed E-state index contributed by atoms with van der Waals surface area (Å²) in [6, 6.07) is 8.12. The van der Waals surface area contributed by atoms with Crippen molar-refractivity contribution < 1.29 is 24.7 Å². The molecule has 1 N–H and O–H groups in total. The van der Waals surface area contributed by atoms with Crippen LogP contribution in [0.15, 0.2) is 42.5 Å². The molecule has 0 heterocycles. The number of hydrogen-bond donors (Lipinski definition) is 1. The van der Waals surface area contributed by atoms with Gasteiger partial charge in [0.25, 0.3) is 11.6 Å². The van der Waals surface area contributed by atoms with Gasteiger partial charge in [-0.05, 0) is 6.07 Å². The minimum Gasteiger partial charge on any atom is -0.871 e. The van der Waals surface area contributed by atoms with Crippen LogP contribution in [0, 0.1) is 10.1 Å². The number of benzene rings is 2. The first-order valence-corrected chi connectivity index (χ1v) is 5.97. The number of nitrogens with zero attached hydrogens (tertiary/aromatic N) is 1. The normalized spacial score (nSPS) is 10.0. The van der Waals surface area contributed by atoms with E-state index in [0.717, 1.165) is 18.2 Å². The van der Waals surface area contributed by atoms with Crippen molar-refractivity contribution in [1.82, 2.24) is 0 Å². The van der Waals surface area contributed by atoms with Crippen LogP contribution in [0.5, 0.6) is 5.75 Å². The molecule has 112 valence electrons. The number of carbonyl (C=O) groups is 2. The average molecular weight is 300 g/mol. The largest absolute Gasteiger partial charge is 0.871 e. The third-order valence-corrected chi connectivity index (χ3v) is 2.81. The quantitative estimate of drug-likeness (QED) is 0.636. The minimum atomic E-state index is -1.55. The Morgan fingerprint density at radius 2 is 1.68 bits per heavy atom. The Kier molecular flexibility index (Phi) is 4.03. The molecule has 0 aliphatic rings. The van der Waals surface area contributed by atoms with Crippen LogP contribution in [0.1, 0.15) is 20.7 Å². The van der Waals surface area contributed by atoms with E-state index in [9.17, 15) is 29.9 Å². The van der Waals surface area contributed by atoms with Crippen LogP contribution in [-0.2, 0) is 0 Å². The predicted octanol–water partition coefficient (Wildman–Crippen LogP) is 0.284. The number of nitrogens with one attached hydrogen (secondary N) is 1. The maximum absolute atomic E-state index is 12.1. The van der Waals surface area contributed by atoms with Gasteiger partial charge in [0.1, 0.15) is 0 Å². The zero-order chi connectivity index (χ0) is 16.3. The Morgan fingerprint density at radius 3 is 2.27 bits per heavy atom. The van der Waals surface area contributed by atoms with Crippen molar-refractivity contribution in [2.24, 2.45) is 0 Å². The van der Waals surface area contributed by atoms with Gasteiger partial charge in [-0.3, -0.25) is 14.9 Å². The molecule has 0 saturated heterocycles. The van der Waals surface area contributed by atoms with Crippen molar-refractivity contribution in [3.05, 3.63) is 63.7 Å². The summed E-state index contributed by atoms with van der Waals surface area (Å²) in [6.45, 7) is 0. The Hall–Kier alpha value is -3.42. The van der Waals surface area contributed by atoms with Gasteiger partial charge in [0, 0.05) is 28.9 Å². The lowest BCUT2D eigenvalue weighted by molar-refractivity contribution is -0.385. The van der Waals surface area contributed by atoms with Crippen LogP contribution >= 0.6 is 0 Å². The van der Waals surface area contributed by atoms with E-state index in [-0.39, 0.29) is 22.5 Å². The molecule has 0 aliphatic carbocycles. The number of nitro benzene ring substituents is 1. The summed E-state index contributed by atoms with van der Waals surface area (Å²) in [5.41, 5.74) is -1.25. The highest BCUT2D eigenvalue weighted by Crippen LogP contribution is 2.26. The number of nitro groups is 1. The van der Waals surface area contributed by atoms with E-state index in [4.69, 9.17) is 0 Å². The Labute approximate surface area is 123 Å². The first-order valence-electron chi connectivity index (χ1n) is 5.97. The zero-order valence-corrected chi connectivity index (χ0v) is 10.9. The Morgan fingerprint density at radius 1 is 1.05 bits per heavy atom. The fourth-order valence-corrected chi connectivity index (χ4v) is 1.78. The van der Waals surface area contributed by atoms with E-state index in [1.54, 1.807) is 0 Å². The summed E-state index contributed by atoms with van der Waals surface area (Å²) >= 11 is 0. The van der Waals surface area contributed by atoms with Gasteiger partial charge in [0.2, 0.25) is 0 Å². The standard InChI is InChI=1S/C14H10N2O6/c17-12-6-5-8(16(21)22)7-11(12)15-13(18)9-3-1-2-4-10(9)14(19)20/h1-7,17H,(H,15,18)(H,19,20)/p-2. The van der Waals surface area contributed by atoms with Crippen LogP contribution in [0.25, 0.3) is 0 Å². The molecular formula is C14H8N2O6-2. The van der Waals surface area contributed by atoms with Crippen LogP contribution < -0.4 is 15.5 Å². The summed E-state index contributed by atoms with van der Waals surface area (Å²) < 4.78 is 0. The number of aromatic carboxylic acids is 1. The second kappa shape index (κ2) is 5.92. The number of carbonyl (C=O) groups excluding carboxylic acids is 2. The molecule has 0 aromatic heterocycles. The molecule has 8 heteroatoms. The number of carboxylic acids is 1. The van der Waals surface area contributed by atoms with E-state index in [0.29, 0.717) is 0 Å². The fourth-order valence-electron chi connectivity index (χ4n) is 1.78. The number of hydrogen-bond acceptors (Lipinski definition) is 6. The molecule has 0 aliphatic heterocycles. The molecule has 0 atom stereocenters. The monoisotopic (exact) mass is 300 g/mol. The van der Waals surface area contributed by atoms with Crippen molar-refractivity contribution in [3.8, 4) is 5.75 Å². The predicted molar refractivity (Wildman–Crippen MR) is 71.3 cm³/mol. The highest BCUT2D eigenvalue weighted by atomic mass is 16.6. The minimum absolute atomic E-state index is 0.214. The van der Waals surface area contributed by atoms with Gasteiger partial charge in [-0.2, -0.15) is 0 Å². The lowest BCUT2D eigenvalue weighted by Gasteiger charge is -2.15. The number of anilines is 1. The maximum Gasteiger partial charge on any atom is 0.271 e. The van der Waals surface area contributed by atoms with Gasteiger partial charge >= 0.3 is 0 Å². The fraction of sp³-hybridized carbons (Fsp3) is 0. The van der Waals surface area contributed by atoms with E-state index in [2.05, 4.69) is 5.32 Å². The third kappa shape index (κ3) is 3.01. The molecule has 0 unspecified atom stereocenters. The molecule has 2 aromatic rings. The molecular weight excluding hydrogens is 292 g/mol. The lowest BCUT2D eigenvalue weighted by Crippen LogP contribution is -2.26. The highest BCUT2D eigenvalue weighted by Gasteiger charge is 2.14. The molecule has 2 aromatic carbocycles. The van der Waals surface area contributed by atoms with Gasteiger partial charge in [-0.25, -0.2) is 0 Å². The maximum atomic E-state index is 12.1. The molecule has 2 rings (SSSR count). The SMILES string of the molecule is O=C([O-])c1ccccc1C(=O)Nc1cc([N+](=O)[O-])ccc1[O-]. The van der Waals surface area contributed by atoms with E-state index in [1.807, 2.05) is 0 Å². The Balaban J connectivity index is 2.36. The number of non-ortho nitro benzene ring substituents is 1. The molecule has 0 bridgehead atoms. The van der Waals surface area contributed by atoms with Gasteiger partial charge in [0.15, 0.2) is 0 Å². The first-order chi connectivity index (χ1) is 10.4. The molecule has 0 radical (unpaired) electrons. The third-order valence-electron chi connectivity index (χ3n) is 2.81. The Bertz CT molecular complexity index is 772. The molecule has 22 heavy (non-hydrogen) atoms. The van der Waals surface area contributed by atoms with Gasteiger partial charge < -0.3 is 20.3 Å². The van der Waals surface area contributed by atoms with Crippen molar-refractivity contribution in [2.75, 3.05) is 5.32 Å². The molecule has 0 spiro atoms. The summed E-state index contributed by atoms with van der Waals surface area (Å²) in [6.07, 6.45) is 0. The molecule has 8 nitrogen and oxygen atoms in total. The zero-order valence-electron chi connectivity index (χ0n) is 10.9. The van der Waals surface area contributed by atoms with E-state index >= 15 is 0 Å². The summed E-state index contributed by atoms with van der Waals surface area (Å²) in [5, 5.41) is 35.4. The number of carboxylic acid groups (broad SMARTS) is 1. The average Bonchev–Trinajstić information content (AvgIpc) is 2.49. The molecule has 0 saturated carbocycles. The van der Waals surface area contributed by atoms with E-state index < -0.39 is 22.5 Å². The lowest BCUT2D eigenvalue weighted by atomic mass is 10.1. The van der Waals surface area contributed by atoms with Crippen molar-refractivity contribution in [1.29, 1.82) is 0 Å². The first kappa shape index (κ1) is 15.0. The molecule has 1 amide bonds. The van der Waals surface area contributed by atoms with Crippen LogP contribution in [0.2, 0.25) is 0 Å². The number of amides is 1. The van der Waals surface area contributed by atoms with Crippen molar-refractivity contribution in [2.45, 2.75) is 0 Å². The highest BCUT2D eigenvalue weighted by molar-refractivity contribution is 6.10. The molecule has 0 fully saturated rings. The van der Waals surface area contributed by atoms with Crippen LogP contribution in [0.4, 0.5) is 11.4 Å². The van der Waals surface area contributed by atoms with Crippen molar-refractivity contribution in [3.63, 3.8) is 0 Å². The summed E-state index contributed by atoms with van der Waals surface area (Å²) in [4.78, 5) is 33.0. The van der Waals surface area contributed by atoms with Gasteiger partial charge in [0.05, 0.1) is 10.9 Å². The summed E-state index contributed by atoms with van der Waals surface area (Å²) in [5.74, 6) is -3.06. The van der Waals surface area contributed by atoms with Crippen LogP contribution in [0.3, 0.4) is 0 Å². The van der Waals surface area contributed by atoms with Gasteiger partial charge in [-0.1, -0.05) is 30.0 Å². The van der Waals surface area contributed by atoms with Crippen molar-refractivity contribution >= 4 is 23.3 Å². The smallest absolute Gasteiger partial charge is 0.271 e. The topological polar surface area (TPSA) is 135 Å². The van der Waals surface area contributed by atoms with Crippen LogP contribution in [-0.4, -0.2) is 16.8 Å². The van der Waals surface area contributed by atoms with Gasteiger partial charge in [-0.15, -0.1) is 0 Å². The summed E-state index contributed by atoms with van der Waals surface area (Å²) in [7, 11) is 0. The second-order valence-corrected chi connectivity index (χ2v) is 4.22. The van der Waals surface area contributed by atoms with E-state index in [1.165, 1.54) is 24.3 Å².